The number of carboxylic acid groups (broad SMARTS) is 1. The number of aliphatic carboxylic acids is 1. The van der Waals surface area contributed by atoms with Crippen molar-refractivity contribution in [2.24, 2.45) is 23.2 Å². The molecule has 0 unspecified atom stereocenters. The quantitative estimate of drug-likeness (QED) is 0.249. The standard InChI is InChI=1S/C37H43FO4/c1-23(17-28-13-9-24(2)37(28,3)4)32-18-25(10-15-31(32)34-20-29(41-5)14-16-35(34)38)22-42-30-8-6-7-27(19-30)33(21-36(39)40)26-11-12-26/h6-8,10,14-20,24,26,28,33H,9,11-13,21-22H2,1-5H3,(H,39,40)/b23-17+/t24-,28+,33+/m0/s1. The monoisotopic (exact) mass is 570 g/mol. The van der Waals surface area contributed by atoms with Crippen molar-refractivity contribution in [1.29, 1.82) is 0 Å². The Morgan fingerprint density at radius 1 is 1.02 bits per heavy atom. The zero-order valence-corrected chi connectivity index (χ0v) is 25.5. The topological polar surface area (TPSA) is 55.8 Å². The number of carboxylic acids is 1. The van der Waals surface area contributed by atoms with Gasteiger partial charge in [-0.05, 0) is 126 Å². The Balaban J connectivity index is 1.45. The van der Waals surface area contributed by atoms with Gasteiger partial charge in [-0.3, -0.25) is 4.79 Å². The molecule has 2 aliphatic carbocycles. The molecular weight excluding hydrogens is 527 g/mol. The number of halogens is 1. The second-order valence-electron chi connectivity index (χ2n) is 12.9. The highest BCUT2D eigenvalue weighted by Gasteiger charge is 2.39. The van der Waals surface area contributed by atoms with Gasteiger partial charge in [0.25, 0.3) is 0 Å². The zero-order valence-electron chi connectivity index (χ0n) is 25.5. The molecule has 0 spiro atoms. The van der Waals surface area contributed by atoms with Crippen LogP contribution >= 0.6 is 0 Å². The molecule has 2 fully saturated rings. The molecule has 0 amide bonds. The maximum absolute atomic E-state index is 15.2. The number of hydrogen-bond acceptors (Lipinski definition) is 3. The largest absolute Gasteiger partial charge is 0.497 e. The van der Waals surface area contributed by atoms with Crippen LogP contribution in [0, 0.1) is 29.0 Å². The fraction of sp³-hybridized carbons (Fsp3) is 0.432. The minimum absolute atomic E-state index is 0.0186. The average molecular weight is 571 g/mol. The Labute approximate surface area is 249 Å². The SMILES string of the molecule is COc1ccc(F)c(-c2ccc(COc3cccc([C@H](CC(=O)O)C4CC4)c3)cc2/C(C)=C/[C@H]2CC[C@H](C)C2(C)C)c1. The van der Waals surface area contributed by atoms with Crippen LogP contribution in [-0.2, 0) is 11.4 Å². The lowest BCUT2D eigenvalue weighted by Gasteiger charge is -2.30. The molecule has 2 aliphatic rings. The lowest BCUT2D eigenvalue weighted by atomic mass is 9.75. The van der Waals surface area contributed by atoms with Crippen LogP contribution in [0.1, 0.15) is 82.4 Å². The van der Waals surface area contributed by atoms with E-state index in [4.69, 9.17) is 9.47 Å². The number of hydrogen-bond donors (Lipinski definition) is 1. The fourth-order valence-electron chi connectivity index (χ4n) is 6.55. The minimum atomic E-state index is -0.766. The van der Waals surface area contributed by atoms with E-state index in [1.165, 1.54) is 12.5 Å². The second-order valence-corrected chi connectivity index (χ2v) is 12.9. The first-order valence-electron chi connectivity index (χ1n) is 15.2. The zero-order chi connectivity index (χ0) is 30.0. The molecule has 3 aromatic rings. The second kappa shape index (κ2) is 12.3. The average Bonchev–Trinajstić information content (AvgIpc) is 3.78. The molecule has 0 heterocycles. The molecule has 0 aliphatic heterocycles. The van der Waals surface area contributed by atoms with Crippen LogP contribution in [0.4, 0.5) is 4.39 Å². The predicted octanol–water partition coefficient (Wildman–Crippen LogP) is 9.52. The molecule has 2 saturated carbocycles. The lowest BCUT2D eigenvalue weighted by Crippen LogP contribution is -2.22. The summed E-state index contributed by atoms with van der Waals surface area (Å²) in [6.07, 6.45) is 7.04. The first-order chi connectivity index (χ1) is 20.1. The van der Waals surface area contributed by atoms with Crippen molar-refractivity contribution in [1.82, 2.24) is 0 Å². The molecule has 0 saturated heterocycles. The van der Waals surface area contributed by atoms with Gasteiger partial charge in [-0.15, -0.1) is 0 Å². The van der Waals surface area contributed by atoms with Gasteiger partial charge in [0.1, 0.15) is 23.9 Å². The van der Waals surface area contributed by atoms with Crippen molar-refractivity contribution < 1.29 is 23.8 Å². The summed E-state index contributed by atoms with van der Waals surface area (Å²) in [6.45, 7) is 9.52. The summed E-state index contributed by atoms with van der Waals surface area (Å²) in [5, 5.41) is 9.43. The number of benzene rings is 3. The summed E-state index contributed by atoms with van der Waals surface area (Å²) in [6, 6.07) is 18.8. The van der Waals surface area contributed by atoms with Gasteiger partial charge in [-0.25, -0.2) is 4.39 Å². The summed E-state index contributed by atoms with van der Waals surface area (Å²) < 4.78 is 26.9. The first kappa shape index (κ1) is 29.9. The molecule has 5 rings (SSSR count). The van der Waals surface area contributed by atoms with Crippen LogP contribution in [-0.4, -0.2) is 18.2 Å². The molecule has 42 heavy (non-hydrogen) atoms. The van der Waals surface area contributed by atoms with Crippen LogP contribution in [0.3, 0.4) is 0 Å². The Morgan fingerprint density at radius 2 is 1.81 bits per heavy atom. The first-order valence-corrected chi connectivity index (χ1v) is 15.2. The van der Waals surface area contributed by atoms with Gasteiger partial charge in [-0.1, -0.05) is 51.1 Å². The van der Waals surface area contributed by atoms with E-state index in [-0.39, 0.29) is 23.6 Å². The molecule has 3 aromatic carbocycles. The highest BCUT2D eigenvalue weighted by Crippen LogP contribution is 2.49. The van der Waals surface area contributed by atoms with Crippen molar-refractivity contribution in [3.05, 3.63) is 89.2 Å². The van der Waals surface area contributed by atoms with E-state index in [1.54, 1.807) is 19.2 Å². The summed E-state index contributed by atoms with van der Waals surface area (Å²) in [5.74, 6) is 1.84. The predicted molar refractivity (Wildman–Crippen MR) is 166 cm³/mol. The van der Waals surface area contributed by atoms with Gasteiger partial charge >= 0.3 is 5.97 Å². The molecule has 0 radical (unpaired) electrons. The van der Waals surface area contributed by atoms with Gasteiger partial charge < -0.3 is 14.6 Å². The van der Waals surface area contributed by atoms with Crippen LogP contribution in [0.5, 0.6) is 11.5 Å². The normalized spacial score (nSPS) is 20.8. The Morgan fingerprint density at radius 3 is 2.48 bits per heavy atom. The van der Waals surface area contributed by atoms with Crippen LogP contribution in [0.15, 0.2) is 66.7 Å². The minimum Gasteiger partial charge on any atom is -0.497 e. The van der Waals surface area contributed by atoms with Gasteiger partial charge in [0.05, 0.1) is 13.5 Å². The number of ether oxygens (including phenoxy) is 2. The van der Waals surface area contributed by atoms with Crippen LogP contribution in [0.2, 0.25) is 0 Å². The summed E-state index contributed by atoms with van der Waals surface area (Å²) in [4.78, 5) is 11.5. The maximum atomic E-state index is 15.2. The molecule has 0 bridgehead atoms. The third-order valence-electron chi connectivity index (χ3n) is 9.84. The van der Waals surface area contributed by atoms with E-state index in [0.29, 0.717) is 35.7 Å². The van der Waals surface area contributed by atoms with Crippen molar-refractivity contribution in [2.75, 3.05) is 7.11 Å². The fourth-order valence-corrected chi connectivity index (χ4v) is 6.55. The van der Waals surface area contributed by atoms with Gasteiger partial charge in [0.15, 0.2) is 0 Å². The van der Waals surface area contributed by atoms with Crippen LogP contribution < -0.4 is 9.47 Å². The van der Waals surface area contributed by atoms with Gasteiger partial charge in [0, 0.05) is 5.56 Å². The molecule has 5 heteroatoms. The van der Waals surface area contributed by atoms with Crippen molar-refractivity contribution in [2.45, 2.75) is 72.3 Å². The van der Waals surface area contributed by atoms with E-state index in [1.807, 2.05) is 36.4 Å². The molecule has 1 N–H and O–H groups in total. The van der Waals surface area contributed by atoms with E-state index in [2.05, 4.69) is 39.8 Å². The van der Waals surface area contributed by atoms with E-state index >= 15 is 4.39 Å². The third kappa shape index (κ3) is 6.56. The molecule has 4 nitrogen and oxygen atoms in total. The highest BCUT2D eigenvalue weighted by atomic mass is 19.1. The molecule has 3 atom stereocenters. The summed E-state index contributed by atoms with van der Waals surface area (Å²) in [7, 11) is 1.59. The van der Waals surface area contributed by atoms with E-state index in [9.17, 15) is 9.90 Å². The number of allylic oxidation sites excluding steroid dienone is 2. The maximum Gasteiger partial charge on any atom is 0.303 e. The molecular formula is C37H43FO4. The smallest absolute Gasteiger partial charge is 0.303 e. The molecule has 0 aromatic heterocycles. The molecule has 222 valence electrons. The Hall–Kier alpha value is -3.60. The van der Waals surface area contributed by atoms with E-state index < -0.39 is 5.97 Å². The van der Waals surface area contributed by atoms with E-state index in [0.717, 1.165) is 52.8 Å². The van der Waals surface area contributed by atoms with Crippen molar-refractivity contribution in [3.8, 4) is 22.6 Å². The van der Waals surface area contributed by atoms with Crippen molar-refractivity contribution in [3.63, 3.8) is 0 Å². The summed E-state index contributed by atoms with van der Waals surface area (Å²) in [5.41, 5.74) is 5.67. The number of carbonyl (C=O) groups is 1. The van der Waals surface area contributed by atoms with Crippen molar-refractivity contribution >= 4 is 11.5 Å². The number of methoxy groups -OCH3 is 1. The Kier molecular flexibility index (Phi) is 8.77. The lowest BCUT2D eigenvalue weighted by molar-refractivity contribution is -0.137. The van der Waals surface area contributed by atoms with Gasteiger partial charge in [-0.2, -0.15) is 0 Å². The van der Waals surface area contributed by atoms with Crippen LogP contribution in [0.25, 0.3) is 16.7 Å². The highest BCUT2D eigenvalue weighted by molar-refractivity contribution is 5.82. The Bertz CT molecular complexity index is 1470. The van der Waals surface area contributed by atoms with Gasteiger partial charge in [0.2, 0.25) is 0 Å². The summed E-state index contributed by atoms with van der Waals surface area (Å²) >= 11 is 0. The third-order valence-corrected chi connectivity index (χ3v) is 9.84. The number of rotatable bonds is 11.